The molecule has 2 rings (SSSR count). The van der Waals surface area contributed by atoms with Gasteiger partial charge in [0.2, 0.25) is 0 Å². The molecule has 0 radical (unpaired) electrons. The molecule has 0 aromatic heterocycles. The zero-order chi connectivity index (χ0) is 13.9. The topological polar surface area (TPSA) is 43.4 Å². The summed E-state index contributed by atoms with van der Waals surface area (Å²) in [6, 6.07) is 6.83. The molecule has 1 aliphatic carbocycles. The molecule has 2 unspecified atom stereocenters. The van der Waals surface area contributed by atoms with E-state index in [-0.39, 0.29) is 11.0 Å². The van der Waals surface area contributed by atoms with Gasteiger partial charge in [-0.3, -0.25) is 4.18 Å². The fraction of sp³-hybridized carbons (Fsp3) is 0.600. The van der Waals surface area contributed by atoms with Gasteiger partial charge in [-0.25, -0.2) is 0 Å². The van der Waals surface area contributed by atoms with Crippen molar-refractivity contribution in [2.24, 2.45) is 5.92 Å². The van der Waals surface area contributed by atoms with E-state index in [0.717, 1.165) is 31.2 Å². The first-order valence-corrected chi connectivity index (χ1v) is 8.42. The Labute approximate surface area is 116 Å². The molecule has 0 amide bonds. The number of aryl methyl sites for hydroxylation is 1. The summed E-state index contributed by atoms with van der Waals surface area (Å²) >= 11 is 0. The zero-order valence-corrected chi connectivity index (χ0v) is 12.4. The second-order valence-corrected chi connectivity index (χ2v) is 7.00. The van der Waals surface area contributed by atoms with Crippen molar-refractivity contribution in [2.75, 3.05) is 0 Å². The van der Waals surface area contributed by atoms with Gasteiger partial charge < -0.3 is 0 Å². The number of rotatable bonds is 4. The van der Waals surface area contributed by atoms with E-state index in [4.69, 9.17) is 4.18 Å². The van der Waals surface area contributed by atoms with Crippen molar-refractivity contribution in [3.8, 4) is 0 Å². The van der Waals surface area contributed by atoms with Crippen molar-refractivity contribution in [1.29, 1.82) is 0 Å². The fourth-order valence-electron chi connectivity index (χ4n) is 2.64. The zero-order valence-electron chi connectivity index (χ0n) is 11.6. The predicted molar refractivity (Wildman–Crippen MR) is 75.5 cm³/mol. The minimum atomic E-state index is -3.61. The summed E-state index contributed by atoms with van der Waals surface area (Å²) in [5.41, 5.74) is 1.04. The Hall–Kier alpha value is -0.870. The SMILES string of the molecule is CCC1CCCC(OS(=O)(=O)c2ccc(C)cc2)C1. The first kappa shape index (κ1) is 14.5. The molecule has 1 fully saturated rings. The van der Waals surface area contributed by atoms with Crippen molar-refractivity contribution >= 4 is 10.1 Å². The average Bonchev–Trinajstić information content (AvgIpc) is 2.39. The molecule has 19 heavy (non-hydrogen) atoms. The van der Waals surface area contributed by atoms with E-state index < -0.39 is 10.1 Å². The van der Waals surface area contributed by atoms with Crippen LogP contribution in [0.1, 0.15) is 44.6 Å². The van der Waals surface area contributed by atoms with Gasteiger partial charge in [-0.15, -0.1) is 0 Å². The average molecular weight is 282 g/mol. The van der Waals surface area contributed by atoms with Crippen molar-refractivity contribution in [1.82, 2.24) is 0 Å². The lowest BCUT2D eigenvalue weighted by Crippen LogP contribution is -2.25. The molecule has 3 nitrogen and oxygen atoms in total. The Bertz CT molecular complexity index is 505. The third-order valence-electron chi connectivity index (χ3n) is 3.88. The smallest absolute Gasteiger partial charge is 0.263 e. The normalized spacial score (nSPS) is 24.3. The lowest BCUT2D eigenvalue weighted by atomic mass is 9.86. The van der Waals surface area contributed by atoms with Gasteiger partial charge in [0.05, 0.1) is 11.0 Å². The largest absolute Gasteiger partial charge is 0.297 e. The molecule has 0 N–H and O–H groups in total. The van der Waals surface area contributed by atoms with Crippen LogP contribution in [0.5, 0.6) is 0 Å². The van der Waals surface area contributed by atoms with Crippen LogP contribution in [0.15, 0.2) is 29.2 Å². The highest BCUT2D eigenvalue weighted by Crippen LogP contribution is 2.30. The summed E-state index contributed by atoms with van der Waals surface area (Å²) in [6.07, 6.45) is 4.92. The van der Waals surface area contributed by atoms with Gasteiger partial charge in [-0.2, -0.15) is 8.42 Å². The first-order valence-electron chi connectivity index (χ1n) is 7.01. The molecule has 4 heteroatoms. The van der Waals surface area contributed by atoms with Gasteiger partial charge in [-0.05, 0) is 37.8 Å². The molecule has 0 bridgehead atoms. The van der Waals surface area contributed by atoms with Crippen LogP contribution < -0.4 is 0 Å². The van der Waals surface area contributed by atoms with Crippen molar-refractivity contribution in [3.63, 3.8) is 0 Å². The lowest BCUT2D eigenvalue weighted by molar-refractivity contribution is 0.128. The molecule has 106 valence electrons. The molecule has 0 aliphatic heterocycles. The van der Waals surface area contributed by atoms with Crippen molar-refractivity contribution in [2.45, 2.75) is 57.0 Å². The van der Waals surface area contributed by atoms with Crippen LogP contribution in [0, 0.1) is 12.8 Å². The van der Waals surface area contributed by atoms with Gasteiger partial charge in [0.15, 0.2) is 0 Å². The number of hydrogen-bond acceptors (Lipinski definition) is 3. The molecule has 0 heterocycles. The maximum atomic E-state index is 12.2. The molecular weight excluding hydrogens is 260 g/mol. The van der Waals surface area contributed by atoms with Crippen molar-refractivity contribution in [3.05, 3.63) is 29.8 Å². The fourth-order valence-corrected chi connectivity index (χ4v) is 3.75. The Morgan fingerprint density at radius 3 is 2.53 bits per heavy atom. The monoisotopic (exact) mass is 282 g/mol. The first-order chi connectivity index (χ1) is 9.01. The maximum absolute atomic E-state index is 12.2. The molecular formula is C15H22O3S. The van der Waals surface area contributed by atoms with Crippen LogP contribution in [-0.4, -0.2) is 14.5 Å². The Balaban J connectivity index is 2.06. The Morgan fingerprint density at radius 1 is 1.21 bits per heavy atom. The molecule has 1 aliphatic rings. The minimum absolute atomic E-state index is 0.148. The van der Waals surface area contributed by atoms with Crippen LogP contribution in [0.2, 0.25) is 0 Å². The summed E-state index contributed by atoms with van der Waals surface area (Å²) in [5.74, 6) is 0.604. The van der Waals surface area contributed by atoms with E-state index in [1.54, 1.807) is 24.3 Å². The van der Waals surface area contributed by atoms with Crippen LogP contribution in [0.3, 0.4) is 0 Å². The van der Waals surface area contributed by atoms with Crippen LogP contribution >= 0.6 is 0 Å². The molecule has 1 aromatic carbocycles. The van der Waals surface area contributed by atoms with Gasteiger partial charge in [0.1, 0.15) is 0 Å². The summed E-state index contributed by atoms with van der Waals surface area (Å²) in [7, 11) is -3.61. The Morgan fingerprint density at radius 2 is 1.89 bits per heavy atom. The van der Waals surface area contributed by atoms with E-state index in [0.29, 0.717) is 5.92 Å². The highest BCUT2D eigenvalue weighted by Gasteiger charge is 2.27. The summed E-state index contributed by atoms with van der Waals surface area (Å²) in [6.45, 7) is 4.09. The van der Waals surface area contributed by atoms with E-state index in [1.807, 2.05) is 6.92 Å². The van der Waals surface area contributed by atoms with Gasteiger partial charge in [0.25, 0.3) is 10.1 Å². The third-order valence-corrected chi connectivity index (χ3v) is 5.26. The van der Waals surface area contributed by atoms with Gasteiger partial charge in [0, 0.05) is 0 Å². The number of hydrogen-bond donors (Lipinski definition) is 0. The molecule has 1 saturated carbocycles. The quantitative estimate of drug-likeness (QED) is 0.791. The van der Waals surface area contributed by atoms with E-state index in [2.05, 4.69) is 6.92 Å². The van der Waals surface area contributed by atoms with E-state index >= 15 is 0 Å². The van der Waals surface area contributed by atoms with Crippen molar-refractivity contribution < 1.29 is 12.6 Å². The highest BCUT2D eigenvalue weighted by atomic mass is 32.2. The van der Waals surface area contributed by atoms with Crippen LogP contribution in [0.4, 0.5) is 0 Å². The van der Waals surface area contributed by atoms with Crippen LogP contribution in [0.25, 0.3) is 0 Å². The third kappa shape index (κ3) is 3.80. The van der Waals surface area contributed by atoms with E-state index in [9.17, 15) is 8.42 Å². The number of benzene rings is 1. The molecule has 2 atom stereocenters. The summed E-state index contributed by atoms with van der Waals surface area (Å²) < 4.78 is 29.8. The minimum Gasteiger partial charge on any atom is -0.263 e. The lowest BCUT2D eigenvalue weighted by Gasteiger charge is -2.27. The second kappa shape index (κ2) is 6.06. The second-order valence-electron chi connectivity index (χ2n) is 5.43. The molecule has 0 spiro atoms. The predicted octanol–water partition coefficient (Wildman–Crippen LogP) is 3.67. The standard InChI is InChI=1S/C15H22O3S/c1-3-13-5-4-6-14(11-13)18-19(16,17)15-9-7-12(2)8-10-15/h7-10,13-14H,3-6,11H2,1-2H3. The van der Waals surface area contributed by atoms with Gasteiger partial charge >= 0.3 is 0 Å². The Kier molecular flexibility index (Phi) is 4.63. The van der Waals surface area contributed by atoms with E-state index in [1.165, 1.54) is 6.42 Å². The summed E-state index contributed by atoms with van der Waals surface area (Å²) in [4.78, 5) is 0.261. The summed E-state index contributed by atoms with van der Waals surface area (Å²) in [5, 5.41) is 0. The van der Waals surface area contributed by atoms with Crippen LogP contribution in [-0.2, 0) is 14.3 Å². The molecule has 1 aromatic rings. The maximum Gasteiger partial charge on any atom is 0.297 e. The van der Waals surface area contributed by atoms with Gasteiger partial charge in [-0.1, -0.05) is 43.9 Å². The molecule has 0 saturated heterocycles. The highest BCUT2D eigenvalue weighted by molar-refractivity contribution is 7.86.